The third kappa shape index (κ3) is 9.24. The first-order valence-electron chi connectivity index (χ1n) is 14.5. The summed E-state index contributed by atoms with van der Waals surface area (Å²) in [4.78, 5) is 3.01. The van der Waals surface area contributed by atoms with E-state index >= 15 is 0 Å². The third-order valence-corrected chi connectivity index (χ3v) is 7.30. The second-order valence-electron chi connectivity index (χ2n) is 10.4. The zero-order valence-electron chi connectivity index (χ0n) is 24.1. The molecule has 1 aliphatic rings. The van der Waals surface area contributed by atoms with Gasteiger partial charge in [0.05, 0.1) is 45.7 Å². The molecule has 8 heteroatoms. The van der Waals surface area contributed by atoms with Crippen molar-refractivity contribution in [3.63, 3.8) is 0 Å². The Kier molecular flexibility index (Phi) is 11.7. The van der Waals surface area contributed by atoms with Gasteiger partial charge in [-0.05, 0) is 27.8 Å². The Morgan fingerprint density at radius 1 is 0.535 bits per heavy atom. The highest BCUT2D eigenvalue weighted by Gasteiger charge is 2.48. The number of ether oxygens (including phenoxy) is 5. The smallest absolute Gasteiger partial charge is 0.115 e. The molecule has 0 aliphatic carbocycles. The van der Waals surface area contributed by atoms with Crippen LogP contribution in [0.25, 0.3) is 10.4 Å². The van der Waals surface area contributed by atoms with Crippen molar-refractivity contribution in [2.45, 2.75) is 56.9 Å². The number of hydrogen-bond acceptors (Lipinski definition) is 6. The van der Waals surface area contributed by atoms with Gasteiger partial charge >= 0.3 is 0 Å². The average Bonchev–Trinajstić information content (AvgIpc) is 3.07. The van der Waals surface area contributed by atoms with Crippen LogP contribution in [0.5, 0.6) is 0 Å². The molecule has 1 fully saturated rings. The van der Waals surface area contributed by atoms with Crippen LogP contribution in [0.15, 0.2) is 126 Å². The highest BCUT2D eigenvalue weighted by Crippen LogP contribution is 2.31. The van der Waals surface area contributed by atoms with Crippen molar-refractivity contribution in [1.29, 1.82) is 0 Å². The van der Waals surface area contributed by atoms with Crippen molar-refractivity contribution in [3.8, 4) is 0 Å². The summed E-state index contributed by atoms with van der Waals surface area (Å²) in [6.45, 7) is 1.83. The standard InChI is InChI=1S/C35H37N3O5/c36-38-37-21-31-33(40-23-28-15-7-2-8-16-28)35(42-25-30-19-11-4-12-20-30)34(41-24-29-17-9-3-10-18-29)32(43-31)26-39-22-27-13-5-1-6-14-27/h1-20,31-35H,21-26H2/t31-,32-,33-,34-,35-/m1/s1. The van der Waals surface area contributed by atoms with E-state index in [1.54, 1.807) is 0 Å². The summed E-state index contributed by atoms with van der Waals surface area (Å²) in [6, 6.07) is 39.9. The van der Waals surface area contributed by atoms with Gasteiger partial charge in [-0.1, -0.05) is 126 Å². The Morgan fingerprint density at radius 2 is 0.930 bits per heavy atom. The SMILES string of the molecule is [N-]=[N+]=NC[C@H]1O[C@H](COCc2ccccc2)[C@@H](OCc2ccccc2)[C@H](OCc2ccccc2)[C@@H]1OCc1ccccc1. The maximum atomic E-state index is 9.19. The highest BCUT2D eigenvalue weighted by molar-refractivity contribution is 5.16. The Labute approximate surface area is 252 Å². The van der Waals surface area contributed by atoms with Crippen molar-refractivity contribution in [1.82, 2.24) is 0 Å². The van der Waals surface area contributed by atoms with E-state index in [0.717, 1.165) is 22.3 Å². The summed E-state index contributed by atoms with van der Waals surface area (Å²) >= 11 is 0. The predicted octanol–water partition coefficient (Wildman–Crippen LogP) is 7.04. The van der Waals surface area contributed by atoms with Crippen molar-refractivity contribution >= 4 is 0 Å². The van der Waals surface area contributed by atoms with Crippen molar-refractivity contribution in [3.05, 3.63) is 154 Å². The van der Waals surface area contributed by atoms with Crippen LogP contribution < -0.4 is 0 Å². The summed E-state index contributed by atoms with van der Waals surface area (Å²) in [6.07, 6.45) is -2.69. The Bertz CT molecular complexity index is 1390. The normalized spacial score (nSPS) is 21.6. The largest absolute Gasteiger partial charge is 0.374 e. The second-order valence-corrected chi connectivity index (χ2v) is 10.4. The molecule has 222 valence electrons. The topological polar surface area (TPSA) is 94.9 Å². The van der Waals surface area contributed by atoms with Crippen LogP contribution in [0.1, 0.15) is 22.3 Å². The first-order chi connectivity index (χ1) is 21.3. The molecule has 0 spiro atoms. The fraction of sp³-hybridized carbons (Fsp3) is 0.314. The Balaban J connectivity index is 1.42. The van der Waals surface area contributed by atoms with Gasteiger partial charge in [0.2, 0.25) is 0 Å². The minimum atomic E-state index is -0.569. The van der Waals surface area contributed by atoms with Crippen LogP contribution in [0.2, 0.25) is 0 Å². The van der Waals surface area contributed by atoms with Gasteiger partial charge in [-0.2, -0.15) is 0 Å². The van der Waals surface area contributed by atoms with Crippen LogP contribution in [0.3, 0.4) is 0 Å². The maximum absolute atomic E-state index is 9.19. The van der Waals surface area contributed by atoms with Gasteiger partial charge in [0.25, 0.3) is 0 Å². The van der Waals surface area contributed by atoms with E-state index in [2.05, 4.69) is 10.0 Å². The molecule has 43 heavy (non-hydrogen) atoms. The van der Waals surface area contributed by atoms with E-state index in [1.807, 2.05) is 121 Å². The summed E-state index contributed by atoms with van der Waals surface area (Å²) < 4.78 is 32.5. The van der Waals surface area contributed by atoms with E-state index < -0.39 is 30.5 Å². The van der Waals surface area contributed by atoms with Crippen LogP contribution >= 0.6 is 0 Å². The van der Waals surface area contributed by atoms with Crippen LogP contribution in [0.4, 0.5) is 0 Å². The second kappa shape index (κ2) is 16.6. The number of azide groups is 1. The molecule has 4 aromatic carbocycles. The first-order valence-corrected chi connectivity index (χ1v) is 14.5. The lowest BCUT2D eigenvalue weighted by atomic mass is 9.94. The number of rotatable bonds is 15. The molecule has 0 saturated carbocycles. The van der Waals surface area contributed by atoms with E-state index in [1.165, 1.54) is 0 Å². The van der Waals surface area contributed by atoms with Crippen molar-refractivity contribution in [2.24, 2.45) is 5.11 Å². The minimum Gasteiger partial charge on any atom is -0.374 e. The molecular weight excluding hydrogens is 542 g/mol. The van der Waals surface area contributed by atoms with Gasteiger partial charge < -0.3 is 23.7 Å². The van der Waals surface area contributed by atoms with E-state index in [9.17, 15) is 5.53 Å². The molecule has 0 radical (unpaired) electrons. The fourth-order valence-electron chi connectivity index (χ4n) is 5.15. The lowest BCUT2D eigenvalue weighted by Crippen LogP contribution is -2.61. The minimum absolute atomic E-state index is 0.0851. The molecule has 0 amide bonds. The molecule has 1 heterocycles. The molecule has 0 bridgehead atoms. The van der Waals surface area contributed by atoms with E-state index in [-0.39, 0.29) is 13.2 Å². The predicted molar refractivity (Wildman–Crippen MR) is 164 cm³/mol. The lowest BCUT2D eigenvalue weighted by Gasteiger charge is -2.46. The van der Waals surface area contributed by atoms with Gasteiger partial charge in [-0.25, -0.2) is 0 Å². The molecular formula is C35H37N3O5. The molecule has 5 atom stereocenters. The van der Waals surface area contributed by atoms with Gasteiger partial charge in [-0.3, -0.25) is 0 Å². The summed E-state index contributed by atoms with van der Waals surface area (Å²) in [5.74, 6) is 0. The number of nitrogens with zero attached hydrogens (tertiary/aromatic N) is 3. The number of hydrogen-bond donors (Lipinski definition) is 0. The zero-order valence-corrected chi connectivity index (χ0v) is 24.1. The molecule has 0 aromatic heterocycles. The molecule has 0 unspecified atom stereocenters. The Hall–Kier alpha value is -4.01. The van der Waals surface area contributed by atoms with Gasteiger partial charge in [0.1, 0.15) is 24.4 Å². The first kappa shape index (κ1) is 30.4. The molecule has 1 aliphatic heterocycles. The third-order valence-electron chi connectivity index (χ3n) is 7.30. The molecule has 0 N–H and O–H groups in total. The Morgan fingerprint density at radius 3 is 1.37 bits per heavy atom. The molecule has 8 nitrogen and oxygen atoms in total. The lowest BCUT2D eigenvalue weighted by molar-refractivity contribution is -0.270. The zero-order chi connectivity index (χ0) is 29.5. The van der Waals surface area contributed by atoms with Crippen molar-refractivity contribution < 1.29 is 23.7 Å². The molecule has 5 rings (SSSR count). The fourth-order valence-corrected chi connectivity index (χ4v) is 5.15. The molecule has 4 aromatic rings. The highest BCUT2D eigenvalue weighted by atomic mass is 16.6. The van der Waals surface area contributed by atoms with E-state index in [0.29, 0.717) is 26.4 Å². The summed E-state index contributed by atoms with van der Waals surface area (Å²) in [5, 5.41) is 3.87. The maximum Gasteiger partial charge on any atom is 0.115 e. The van der Waals surface area contributed by atoms with Gasteiger partial charge in [-0.15, -0.1) is 0 Å². The quantitative estimate of drug-likeness (QED) is 0.0856. The van der Waals surface area contributed by atoms with Crippen LogP contribution in [-0.2, 0) is 50.1 Å². The van der Waals surface area contributed by atoms with Crippen LogP contribution in [0, 0.1) is 0 Å². The number of benzene rings is 4. The summed E-state index contributed by atoms with van der Waals surface area (Å²) in [7, 11) is 0. The monoisotopic (exact) mass is 579 g/mol. The van der Waals surface area contributed by atoms with Gasteiger partial charge in [0, 0.05) is 4.91 Å². The van der Waals surface area contributed by atoms with Crippen LogP contribution in [-0.4, -0.2) is 43.7 Å². The van der Waals surface area contributed by atoms with Crippen molar-refractivity contribution in [2.75, 3.05) is 13.2 Å². The van der Waals surface area contributed by atoms with Gasteiger partial charge in [0.15, 0.2) is 0 Å². The molecule has 1 saturated heterocycles. The summed E-state index contributed by atoms with van der Waals surface area (Å²) in [5.41, 5.74) is 13.3. The average molecular weight is 580 g/mol. The van der Waals surface area contributed by atoms with E-state index in [4.69, 9.17) is 23.7 Å².